The van der Waals surface area contributed by atoms with E-state index in [4.69, 9.17) is 0 Å². The van der Waals surface area contributed by atoms with Gasteiger partial charge in [-0.1, -0.05) is 18.6 Å². The van der Waals surface area contributed by atoms with Crippen molar-refractivity contribution in [3.63, 3.8) is 0 Å². The number of hydrogen-bond donors (Lipinski definition) is 1. The van der Waals surface area contributed by atoms with E-state index in [2.05, 4.69) is 25.1 Å². The van der Waals surface area contributed by atoms with Gasteiger partial charge < -0.3 is 4.98 Å². The lowest BCUT2D eigenvalue weighted by molar-refractivity contribution is 0.134. The maximum absolute atomic E-state index is 13.4. The van der Waals surface area contributed by atoms with E-state index >= 15 is 0 Å². The Morgan fingerprint density at radius 3 is 3.12 bits per heavy atom. The number of halogens is 1. The van der Waals surface area contributed by atoms with E-state index in [9.17, 15) is 4.39 Å². The molecule has 3 aromatic rings. The van der Waals surface area contributed by atoms with Crippen LogP contribution in [-0.4, -0.2) is 31.6 Å². The van der Waals surface area contributed by atoms with Crippen molar-refractivity contribution in [3.05, 3.63) is 52.6 Å². The molecule has 3 heterocycles. The highest BCUT2D eigenvalue weighted by molar-refractivity contribution is 7.09. The van der Waals surface area contributed by atoms with Crippen molar-refractivity contribution < 1.29 is 4.39 Å². The molecule has 7 heteroatoms. The monoisotopic (exact) mass is 343 g/mol. The first-order valence-corrected chi connectivity index (χ1v) is 8.97. The zero-order chi connectivity index (χ0) is 16.4. The maximum Gasteiger partial charge on any atom is 0.131 e. The van der Waals surface area contributed by atoms with Crippen LogP contribution in [-0.2, 0) is 6.54 Å². The van der Waals surface area contributed by atoms with Gasteiger partial charge in [0, 0.05) is 5.56 Å². The lowest BCUT2D eigenvalue weighted by Gasteiger charge is -2.33. The van der Waals surface area contributed by atoms with Gasteiger partial charge in [0.15, 0.2) is 0 Å². The van der Waals surface area contributed by atoms with Gasteiger partial charge >= 0.3 is 0 Å². The maximum atomic E-state index is 13.4. The number of piperidine rings is 1. The number of nitrogens with zero attached hydrogens (tertiary/aromatic N) is 4. The van der Waals surface area contributed by atoms with Gasteiger partial charge in [-0.15, -0.1) is 21.5 Å². The average molecular weight is 343 g/mol. The smallest absolute Gasteiger partial charge is 0.131 e. The van der Waals surface area contributed by atoms with Crippen molar-refractivity contribution in [1.29, 1.82) is 0 Å². The van der Waals surface area contributed by atoms with E-state index in [0.717, 1.165) is 41.6 Å². The number of aromatic amines is 1. The Morgan fingerprint density at radius 1 is 1.33 bits per heavy atom. The molecule has 1 unspecified atom stereocenters. The third kappa shape index (κ3) is 3.22. The Morgan fingerprint density at radius 2 is 2.29 bits per heavy atom. The summed E-state index contributed by atoms with van der Waals surface area (Å²) in [5.41, 5.74) is 3.44. The van der Waals surface area contributed by atoms with Crippen LogP contribution in [0.15, 0.2) is 36.0 Å². The molecular formula is C17H18FN5S. The second-order valence-electron chi connectivity index (χ2n) is 6.01. The largest absolute Gasteiger partial charge is 0.341 e. The van der Waals surface area contributed by atoms with E-state index in [1.54, 1.807) is 29.1 Å². The highest BCUT2D eigenvalue weighted by Gasteiger charge is 2.27. The van der Waals surface area contributed by atoms with Gasteiger partial charge in [0.05, 0.1) is 24.5 Å². The molecule has 0 spiro atoms. The fraction of sp³-hybridized carbons (Fsp3) is 0.353. The summed E-state index contributed by atoms with van der Waals surface area (Å²) >= 11 is 1.58. The topological polar surface area (TPSA) is 57.7 Å². The molecule has 0 aliphatic carbocycles. The summed E-state index contributed by atoms with van der Waals surface area (Å²) in [6.07, 6.45) is 5.23. The summed E-state index contributed by atoms with van der Waals surface area (Å²) in [5, 5.41) is 9.10. The van der Waals surface area contributed by atoms with Crippen LogP contribution in [0.25, 0.3) is 11.3 Å². The lowest BCUT2D eigenvalue weighted by atomic mass is 10.0. The standard InChI is InChI=1S/C17H18FN5S/c18-13-5-3-4-12(8-13)14-9-19-17(21-14)15-6-1-2-7-23(15)10-16-22-20-11-24-16/h3-5,8-9,11,15H,1-2,6-7,10H2,(H,19,21). The molecule has 0 amide bonds. The molecular weight excluding hydrogens is 325 g/mol. The second-order valence-corrected chi connectivity index (χ2v) is 6.92. The average Bonchev–Trinajstić information content (AvgIpc) is 3.27. The predicted octanol–water partition coefficient (Wildman–Crippen LogP) is 3.79. The Kier molecular flexibility index (Phi) is 4.36. The number of benzene rings is 1. The minimum absolute atomic E-state index is 0.237. The van der Waals surface area contributed by atoms with E-state index in [1.165, 1.54) is 25.0 Å². The summed E-state index contributed by atoms with van der Waals surface area (Å²) < 4.78 is 13.4. The van der Waals surface area contributed by atoms with Crippen molar-refractivity contribution in [2.24, 2.45) is 0 Å². The van der Waals surface area contributed by atoms with Crippen LogP contribution < -0.4 is 0 Å². The minimum atomic E-state index is -0.237. The number of rotatable bonds is 4. The molecule has 4 rings (SSSR count). The van der Waals surface area contributed by atoms with Crippen molar-refractivity contribution in [2.45, 2.75) is 31.8 Å². The van der Waals surface area contributed by atoms with Crippen LogP contribution in [0, 0.1) is 5.82 Å². The number of aromatic nitrogens is 4. The normalized spacial score (nSPS) is 18.8. The van der Waals surface area contributed by atoms with Gasteiger partial charge in [-0.05, 0) is 31.5 Å². The van der Waals surface area contributed by atoms with Crippen LogP contribution in [0.2, 0.25) is 0 Å². The van der Waals surface area contributed by atoms with Gasteiger partial charge in [-0.3, -0.25) is 4.90 Å². The van der Waals surface area contributed by atoms with E-state index in [1.807, 2.05) is 6.07 Å². The Bertz CT molecular complexity index is 801. The lowest BCUT2D eigenvalue weighted by Crippen LogP contribution is -2.33. The molecule has 1 N–H and O–H groups in total. The second kappa shape index (κ2) is 6.78. The molecule has 1 atom stereocenters. The molecule has 1 aliphatic rings. The van der Waals surface area contributed by atoms with Crippen LogP contribution >= 0.6 is 11.3 Å². The third-order valence-corrected chi connectivity index (χ3v) is 5.09. The van der Waals surface area contributed by atoms with Crippen LogP contribution in [0.4, 0.5) is 4.39 Å². The third-order valence-electron chi connectivity index (χ3n) is 4.40. The van der Waals surface area contributed by atoms with Gasteiger partial charge in [0.25, 0.3) is 0 Å². The van der Waals surface area contributed by atoms with Gasteiger partial charge in [0.2, 0.25) is 0 Å². The summed E-state index contributed by atoms with van der Waals surface area (Å²) in [6.45, 7) is 1.82. The first-order valence-electron chi connectivity index (χ1n) is 8.09. The van der Waals surface area contributed by atoms with Crippen molar-refractivity contribution in [3.8, 4) is 11.3 Å². The summed E-state index contributed by atoms with van der Waals surface area (Å²) in [6, 6.07) is 6.82. The van der Waals surface area contributed by atoms with Crippen molar-refractivity contribution in [1.82, 2.24) is 25.1 Å². The molecule has 1 aliphatic heterocycles. The molecule has 0 bridgehead atoms. The molecule has 24 heavy (non-hydrogen) atoms. The quantitative estimate of drug-likeness (QED) is 0.783. The van der Waals surface area contributed by atoms with Gasteiger partial charge in [-0.25, -0.2) is 9.37 Å². The van der Waals surface area contributed by atoms with Crippen molar-refractivity contribution >= 4 is 11.3 Å². The van der Waals surface area contributed by atoms with Crippen LogP contribution in [0.1, 0.15) is 36.1 Å². The van der Waals surface area contributed by atoms with E-state index in [0.29, 0.717) is 0 Å². The molecule has 0 saturated carbocycles. The predicted molar refractivity (Wildman–Crippen MR) is 90.9 cm³/mol. The Hall–Kier alpha value is -2.12. The zero-order valence-electron chi connectivity index (χ0n) is 13.2. The number of hydrogen-bond acceptors (Lipinski definition) is 5. The van der Waals surface area contributed by atoms with E-state index < -0.39 is 0 Å². The highest BCUT2D eigenvalue weighted by atomic mass is 32.1. The first kappa shape index (κ1) is 15.4. The van der Waals surface area contributed by atoms with Crippen LogP contribution in [0.3, 0.4) is 0 Å². The molecule has 1 fully saturated rings. The fourth-order valence-corrected chi connectivity index (χ4v) is 3.79. The summed E-state index contributed by atoms with van der Waals surface area (Å²) in [7, 11) is 0. The van der Waals surface area contributed by atoms with Gasteiger partial charge in [0.1, 0.15) is 22.2 Å². The van der Waals surface area contributed by atoms with Crippen molar-refractivity contribution in [2.75, 3.05) is 6.54 Å². The first-order chi connectivity index (χ1) is 11.8. The number of nitrogens with one attached hydrogen (secondary N) is 1. The Labute approximate surface area is 143 Å². The summed E-state index contributed by atoms with van der Waals surface area (Å²) in [5.74, 6) is 0.706. The molecule has 5 nitrogen and oxygen atoms in total. The number of imidazole rings is 1. The summed E-state index contributed by atoms with van der Waals surface area (Å²) in [4.78, 5) is 10.4. The SMILES string of the molecule is Fc1cccc(-c2cnc(C3CCCCN3Cc3nncs3)[nH]2)c1. The Balaban J connectivity index is 1.57. The zero-order valence-corrected chi connectivity index (χ0v) is 14.0. The molecule has 2 aromatic heterocycles. The molecule has 0 radical (unpaired) electrons. The minimum Gasteiger partial charge on any atom is -0.341 e. The molecule has 124 valence electrons. The molecule has 1 aromatic carbocycles. The highest BCUT2D eigenvalue weighted by Crippen LogP contribution is 2.32. The fourth-order valence-electron chi connectivity index (χ4n) is 3.24. The van der Waals surface area contributed by atoms with Crippen LogP contribution in [0.5, 0.6) is 0 Å². The number of likely N-dealkylation sites (tertiary alicyclic amines) is 1. The molecule has 1 saturated heterocycles. The van der Waals surface area contributed by atoms with E-state index in [-0.39, 0.29) is 11.9 Å². The number of H-pyrrole nitrogens is 1. The van der Waals surface area contributed by atoms with Gasteiger partial charge in [-0.2, -0.15) is 0 Å².